The molecule has 0 amide bonds. The quantitative estimate of drug-likeness (QED) is 0.110. The molecule has 0 heterocycles. The van der Waals surface area contributed by atoms with E-state index in [1.54, 1.807) is 7.11 Å². The van der Waals surface area contributed by atoms with E-state index in [9.17, 15) is 19.2 Å². The molecule has 2 aromatic rings. The average molecular weight is 793 g/mol. The van der Waals surface area contributed by atoms with Gasteiger partial charge in [-0.15, -0.1) is 0 Å². The Balaban J connectivity index is -0.000000227. The SMILES string of the molecule is CCCCCCCCCCCCC(O)COC.C[I+]C.[F-].[F][Sb]([F])([F])([F])[F].c1ccccc1.c1ccccc1. The third-order valence-corrected chi connectivity index (χ3v) is 4.58. The molecular weight excluding hydrogens is 743 g/mol. The van der Waals surface area contributed by atoms with Crippen molar-refractivity contribution in [3.05, 3.63) is 72.8 Å². The van der Waals surface area contributed by atoms with Crippen LogP contribution in [-0.2, 0) is 4.74 Å². The van der Waals surface area contributed by atoms with Gasteiger partial charge >= 0.3 is 34.4 Å². The summed E-state index contributed by atoms with van der Waals surface area (Å²) in [4.78, 5) is 4.47. The molecule has 0 aromatic heterocycles. The van der Waals surface area contributed by atoms with Crippen LogP contribution in [0.15, 0.2) is 72.8 Å². The molecule has 0 saturated heterocycles. The number of unbranched alkanes of at least 4 members (excludes halogenated alkanes) is 9. The van der Waals surface area contributed by atoms with Gasteiger partial charge in [-0.1, -0.05) is 144 Å². The van der Waals surface area contributed by atoms with Crippen molar-refractivity contribution >= 4 is 20.3 Å². The van der Waals surface area contributed by atoms with Gasteiger partial charge in [0.1, 0.15) is 9.86 Å². The summed E-state index contributed by atoms with van der Waals surface area (Å²) < 4.78 is 54.4. The first-order chi connectivity index (χ1) is 18.0. The number of methoxy groups -OCH3 is 1. The van der Waals surface area contributed by atoms with Crippen molar-refractivity contribution in [2.24, 2.45) is 0 Å². The van der Waals surface area contributed by atoms with Crippen LogP contribution >= 0.6 is 0 Å². The summed E-state index contributed by atoms with van der Waals surface area (Å²) in [6, 6.07) is 24.0. The van der Waals surface area contributed by atoms with E-state index in [1.807, 2.05) is 72.8 Å². The maximum Gasteiger partial charge on any atom is -0.0623 e. The van der Waals surface area contributed by atoms with Gasteiger partial charge < -0.3 is 14.5 Å². The molecule has 1 unspecified atom stereocenters. The number of halogens is 7. The first kappa shape index (κ1) is 45.5. The van der Waals surface area contributed by atoms with Crippen LogP contribution in [0.25, 0.3) is 0 Å². The van der Waals surface area contributed by atoms with Crippen molar-refractivity contribution in [3.63, 3.8) is 0 Å². The second-order valence-corrected chi connectivity index (χ2v) is 14.2. The van der Waals surface area contributed by atoms with E-state index in [0.29, 0.717) is 27.8 Å². The molecule has 0 spiro atoms. The van der Waals surface area contributed by atoms with E-state index in [-0.39, 0.29) is 10.8 Å². The molecule has 232 valence electrons. The monoisotopic (exact) mass is 792 g/mol. The third kappa shape index (κ3) is 67.3. The van der Waals surface area contributed by atoms with Gasteiger partial charge in [-0.3, -0.25) is 0 Å². The van der Waals surface area contributed by atoms with Crippen molar-refractivity contribution in [1.82, 2.24) is 0 Å². The van der Waals surface area contributed by atoms with Crippen LogP contribution < -0.4 is 25.9 Å². The Hall–Kier alpha value is -0.512. The van der Waals surface area contributed by atoms with Crippen molar-refractivity contribution in [3.8, 4) is 0 Å². The van der Waals surface area contributed by atoms with E-state index in [1.165, 1.54) is 57.8 Å². The summed E-state index contributed by atoms with van der Waals surface area (Å²) >= 11 is -8.60. The van der Waals surface area contributed by atoms with Gasteiger partial charge in [0.05, 0.1) is 12.7 Å². The second-order valence-electron chi connectivity index (χ2n) is 8.41. The van der Waals surface area contributed by atoms with E-state index < -0.39 is 20.3 Å². The summed E-state index contributed by atoms with van der Waals surface area (Å²) in [5, 5.41) is 9.45. The number of hydrogen-bond acceptors (Lipinski definition) is 2. The van der Waals surface area contributed by atoms with Gasteiger partial charge in [-0.25, -0.2) is 0 Å². The van der Waals surface area contributed by atoms with Crippen LogP contribution in [0.1, 0.15) is 77.6 Å². The zero-order valence-corrected chi connectivity index (χ0v) is 28.6. The van der Waals surface area contributed by atoms with Crippen molar-refractivity contribution in [2.75, 3.05) is 23.6 Å². The average Bonchev–Trinajstić information content (AvgIpc) is 2.87. The summed E-state index contributed by atoms with van der Waals surface area (Å²) in [5.74, 6) is 0. The number of aliphatic hydroxyl groups excluding tert-OH is 1. The molecular formula is C29H50F6IO2Sb. The summed E-state index contributed by atoms with van der Waals surface area (Å²) in [5.41, 5.74) is 0. The maximum absolute atomic E-state index is 9.91. The molecule has 10 heteroatoms. The van der Waals surface area contributed by atoms with E-state index in [2.05, 4.69) is 16.8 Å². The summed E-state index contributed by atoms with van der Waals surface area (Å²) in [6.07, 6.45) is 14.1. The van der Waals surface area contributed by atoms with Crippen LogP contribution in [-0.4, -0.2) is 55.1 Å². The van der Waals surface area contributed by atoms with Gasteiger partial charge in [0, 0.05) is 7.11 Å². The second kappa shape index (κ2) is 33.7. The summed E-state index contributed by atoms with van der Waals surface area (Å²) in [7, 11) is 1.64. The fourth-order valence-electron chi connectivity index (χ4n) is 2.91. The number of hydrogen-bond donors (Lipinski definition) is 1. The fraction of sp³-hybridized carbons (Fsp3) is 0.586. The number of aliphatic hydroxyl groups is 1. The zero-order chi connectivity index (χ0) is 29.4. The smallest absolute Gasteiger partial charge is 0.0623 e. The van der Waals surface area contributed by atoms with Crippen molar-refractivity contribution < 1.29 is 49.8 Å². The van der Waals surface area contributed by atoms with Crippen molar-refractivity contribution in [1.29, 1.82) is 0 Å². The third-order valence-electron chi connectivity index (χ3n) is 4.58. The molecule has 1 atom stereocenters. The Kier molecular flexibility index (Phi) is 39.3. The Morgan fingerprint density at radius 2 is 0.846 bits per heavy atom. The molecule has 0 bridgehead atoms. The number of alkyl halides is 2. The molecule has 2 rings (SSSR count). The van der Waals surface area contributed by atoms with Crippen molar-refractivity contribution in [2.45, 2.75) is 83.7 Å². The molecule has 39 heavy (non-hydrogen) atoms. The van der Waals surface area contributed by atoms with Gasteiger partial charge in [-0.05, 0) is 6.42 Å². The molecule has 2 aromatic carbocycles. The normalized spacial score (nSPS) is 11.5. The number of rotatable bonds is 13. The minimum Gasteiger partial charge on any atom is -0.0623 e. The topological polar surface area (TPSA) is 29.5 Å². The molecule has 1 N–H and O–H groups in total. The first-order valence-corrected chi connectivity index (χ1v) is 22.2. The number of benzene rings is 2. The van der Waals surface area contributed by atoms with E-state index >= 15 is 0 Å². The maximum atomic E-state index is 9.91. The minimum atomic E-state index is -9.19. The molecule has 0 fully saturated rings. The number of ether oxygens (including phenoxy) is 1. The van der Waals surface area contributed by atoms with Gasteiger partial charge in [0.2, 0.25) is 0 Å². The largest absolute Gasteiger partial charge is 0.0623 e. The van der Waals surface area contributed by atoms with Crippen LogP contribution in [0.3, 0.4) is 0 Å². The molecule has 2 nitrogen and oxygen atoms in total. The fourth-order valence-corrected chi connectivity index (χ4v) is 2.91. The predicted octanol–water partition coefficient (Wildman–Crippen LogP) is 3.74. The molecule has 0 aliphatic rings. The van der Waals surface area contributed by atoms with Gasteiger partial charge in [0.25, 0.3) is 21.2 Å². The van der Waals surface area contributed by atoms with Crippen LogP contribution in [0.4, 0.5) is 14.1 Å². The molecule has 0 aliphatic heterocycles. The van der Waals surface area contributed by atoms with E-state index in [4.69, 9.17) is 4.74 Å². The Morgan fingerprint density at radius 1 is 0.615 bits per heavy atom. The van der Waals surface area contributed by atoms with E-state index in [0.717, 1.165) is 12.8 Å². The molecule has 0 radical (unpaired) electrons. The van der Waals surface area contributed by atoms with Gasteiger partial charge in [0.15, 0.2) is 0 Å². The predicted molar refractivity (Wildman–Crippen MR) is 150 cm³/mol. The first-order valence-electron chi connectivity index (χ1n) is 13.1. The Bertz CT molecular complexity index is 563. The molecule has 0 aliphatic carbocycles. The zero-order valence-electron chi connectivity index (χ0n) is 23.9. The standard InChI is InChI=1S/C15H32O2.2C6H6.C2H6I.6FH.Sb/c1-3-4-5-6-7-8-9-10-11-12-13-15(16)14-17-2;2*1-2-4-6-5-3-1;1-3-2;;;;;;;/h15-16H,3-14H2,1-2H3;2*1-6H;1-2H3;6*1H;/q;;;+1;;;;;;;+5/p-6. The Labute approximate surface area is 248 Å². The Morgan fingerprint density at radius 3 is 1.08 bits per heavy atom. The van der Waals surface area contributed by atoms with Crippen LogP contribution in [0, 0.1) is 0 Å². The van der Waals surface area contributed by atoms with Crippen LogP contribution in [0.2, 0.25) is 0 Å². The minimum absolute atomic E-state index is 0. The summed E-state index contributed by atoms with van der Waals surface area (Å²) in [6.45, 7) is 2.75. The van der Waals surface area contributed by atoms with Gasteiger partial charge in [-0.2, -0.15) is 0 Å². The van der Waals surface area contributed by atoms with Crippen LogP contribution in [0.5, 0.6) is 0 Å². The molecule has 0 saturated carbocycles.